The number of benzene rings is 2. The van der Waals surface area contributed by atoms with Gasteiger partial charge in [-0.15, -0.1) is 0 Å². The summed E-state index contributed by atoms with van der Waals surface area (Å²) in [6.45, 7) is 5.36. The van der Waals surface area contributed by atoms with Crippen molar-refractivity contribution >= 4 is 16.9 Å². The van der Waals surface area contributed by atoms with E-state index in [4.69, 9.17) is 5.10 Å². The van der Waals surface area contributed by atoms with Crippen molar-refractivity contribution in [1.82, 2.24) is 19.3 Å². The van der Waals surface area contributed by atoms with Crippen molar-refractivity contribution in [1.29, 1.82) is 0 Å². The molecule has 0 bridgehead atoms. The Labute approximate surface area is 188 Å². The summed E-state index contributed by atoms with van der Waals surface area (Å²) in [4.78, 5) is 12.9. The van der Waals surface area contributed by atoms with E-state index in [0.717, 1.165) is 39.2 Å². The number of nitrogens with zero attached hydrogens (tertiary/aromatic N) is 3. The molecule has 0 radical (unpaired) electrons. The first-order valence-electron chi connectivity index (χ1n) is 11.8. The van der Waals surface area contributed by atoms with Gasteiger partial charge in [-0.1, -0.05) is 55.7 Å². The molecule has 166 valence electrons. The second-order valence-corrected chi connectivity index (χ2v) is 8.64. The lowest BCUT2D eigenvalue weighted by atomic mass is 9.94. The van der Waals surface area contributed by atoms with Crippen molar-refractivity contribution in [3.63, 3.8) is 0 Å². The Morgan fingerprint density at radius 2 is 1.66 bits per heavy atom. The summed E-state index contributed by atoms with van der Waals surface area (Å²) in [5, 5.41) is 11.7. The minimum Gasteiger partial charge on any atom is -0.365 e. The van der Waals surface area contributed by atoms with Crippen LogP contribution in [0.15, 0.2) is 53.3 Å². The zero-order valence-corrected chi connectivity index (χ0v) is 18.9. The predicted octanol–water partition coefficient (Wildman–Crippen LogP) is 5.64. The van der Waals surface area contributed by atoms with Crippen LogP contribution >= 0.6 is 0 Å². The highest BCUT2D eigenvalue weighted by Crippen LogP contribution is 2.38. The summed E-state index contributed by atoms with van der Waals surface area (Å²) >= 11 is 0. The van der Waals surface area contributed by atoms with Crippen molar-refractivity contribution in [2.75, 3.05) is 5.32 Å². The van der Waals surface area contributed by atoms with Crippen LogP contribution in [0.3, 0.4) is 0 Å². The van der Waals surface area contributed by atoms with Crippen molar-refractivity contribution < 1.29 is 0 Å². The van der Waals surface area contributed by atoms with E-state index in [9.17, 15) is 4.79 Å². The molecule has 5 rings (SSSR count). The number of imidazole rings is 1. The monoisotopic (exact) mass is 429 g/mol. The van der Waals surface area contributed by atoms with Gasteiger partial charge in [0.1, 0.15) is 0 Å². The average molecular weight is 430 g/mol. The number of hydrogen-bond donors (Lipinski definition) is 2. The molecule has 1 aliphatic rings. The van der Waals surface area contributed by atoms with Gasteiger partial charge in [-0.3, -0.25) is 14.2 Å². The van der Waals surface area contributed by atoms with E-state index in [0.29, 0.717) is 19.1 Å². The molecule has 2 aromatic carbocycles. The molecule has 0 aliphatic heterocycles. The molecule has 0 saturated heterocycles. The first-order valence-corrected chi connectivity index (χ1v) is 11.8. The highest BCUT2D eigenvalue weighted by Gasteiger charge is 2.22. The number of aryl methyl sites for hydroxylation is 2. The first-order chi connectivity index (χ1) is 15.7. The van der Waals surface area contributed by atoms with E-state index in [1.807, 2.05) is 41.2 Å². The topological polar surface area (TPSA) is 67.6 Å². The molecule has 0 amide bonds. The molecule has 2 N–H and O–H groups in total. The lowest BCUT2D eigenvalue weighted by Gasteiger charge is -2.23. The number of hydrogen-bond acceptors (Lipinski definition) is 3. The standard InChI is InChI=1S/C26H31N5O/c1-3-30-21-16-15-19(17-22(21)31(4-2)26(30)32)23-24(18-11-7-5-8-12-18)28-29-25(23)27-20-13-9-6-10-14-20/h5,7-8,11-12,15-17,20H,3-4,6,9-10,13-14H2,1-2H3,(H2,27,28,29). The lowest BCUT2D eigenvalue weighted by Crippen LogP contribution is -2.23. The molecular weight excluding hydrogens is 398 g/mol. The molecule has 6 heteroatoms. The van der Waals surface area contributed by atoms with Crippen LogP contribution in [-0.4, -0.2) is 25.4 Å². The maximum absolute atomic E-state index is 12.9. The second kappa shape index (κ2) is 8.69. The van der Waals surface area contributed by atoms with Gasteiger partial charge >= 0.3 is 5.69 Å². The molecular formula is C26H31N5O. The van der Waals surface area contributed by atoms with Crippen LogP contribution in [0, 0.1) is 0 Å². The minimum atomic E-state index is 0.0539. The fourth-order valence-electron chi connectivity index (χ4n) is 5.07. The van der Waals surface area contributed by atoms with Gasteiger partial charge in [0.25, 0.3) is 0 Å². The summed E-state index contributed by atoms with van der Waals surface area (Å²) in [5.41, 5.74) is 6.25. The Morgan fingerprint density at radius 1 is 0.938 bits per heavy atom. The smallest absolute Gasteiger partial charge is 0.329 e. The predicted molar refractivity (Wildman–Crippen MR) is 131 cm³/mol. The molecule has 6 nitrogen and oxygen atoms in total. The van der Waals surface area contributed by atoms with Crippen molar-refractivity contribution in [2.24, 2.45) is 0 Å². The summed E-state index contributed by atoms with van der Waals surface area (Å²) < 4.78 is 3.70. The molecule has 32 heavy (non-hydrogen) atoms. The van der Waals surface area contributed by atoms with Gasteiger partial charge in [0.15, 0.2) is 5.82 Å². The molecule has 2 aromatic heterocycles. The summed E-state index contributed by atoms with van der Waals surface area (Å²) in [6.07, 6.45) is 6.21. The number of nitrogens with one attached hydrogen (secondary N) is 2. The quantitative estimate of drug-likeness (QED) is 0.416. The third kappa shape index (κ3) is 3.53. The highest BCUT2D eigenvalue weighted by atomic mass is 16.1. The summed E-state index contributed by atoms with van der Waals surface area (Å²) in [5.74, 6) is 0.899. The number of H-pyrrole nitrogens is 1. The van der Waals surface area contributed by atoms with Crippen LogP contribution in [0.25, 0.3) is 33.4 Å². The number of fused-ring (bicyclic) bond motifs is 1. The van der Waals surface area contributed by atoms with E-state index in [2.05, 4.69) is 40.7 Å². The zero-order valence-electron chi connectivity index (χ0n) is 18.9. The largest absolute Gasteiger partial charge is 0.365 e. The molecule has 4 aromatic rings. The second-order valence-electron chi connectivity index (χ2n) is 8.64. The molecule has 1 saturated carbocycles. The van der Waals surface area contributed by atoms with Crippen LogP contribution in [-0.2, 0) is 13.1 Å². The van der Waals surface area contributed by atoms with Crippen LogP contribution in [0.5, 0.6) is 0 Å². The SMILES string of the molecule is CCn1c(=O)n(CC)c2cc(-c3c(NC4CCCCC4)n[nH]c3-c3ccccc3)ccc21. The third-order valence-electron chi connectivity index (χ3n) is 6.71. The van der Waals surface area contributed by atoms with E-state index in [1.54, 1.807) is 0 Å². The maximum atomic E-state index is 12.9. The van der Waals surface area contributed by atoms with Gasteiger partial charge < -0.3 is 5.32 Å². The van der Waals surface area contributed by atoms with Crippen molar-refractivity contribution in [3.8, 4) is 22.4 Å². The fourth-order valence-corrected chi connectivity index (χ4v) is 5.07. The van der Waals surface area contributed by atoms with Gasteiger partial charge in [-0.2, -0.15) is 5.10 Å². The number of aromatic amines is 1. The van der Waals surface area contributed by atoms with Crippen LogP contribution in [0.1, 0.15) is 46.0 Å². The Morgan fingerprint density at radius 3 is 2.38 bits per heavy atom. The Hall–Kier alpha value is -3.28. The Balaban J connectivity index is 1.67. The van der Waals surface area contributed by atoms with Crippen LogP contribution in [0.2, 0.25) is 0 Å². The summed E-state index contributed by atoms with van der Waals surface area (Å²) in [7, 11) is 0. The average Bonchev–Trinajstić information content (AvgIpc) is 3.37. The van der Waals surface area contributed by atoms with E-state index < -0.39 is 0 Å². The zero-order chi connectivity index (χ0) is 22.1. The first kappa shape index (κ1) is 20.6. The molecule has 1 fully saturated rings. The van der Waals surface area contributed by atoms with Gasteiger partial charge in [-0.25, -0.2) is 4.79 Å². The Kier molecular flexibility index (Phi) is 5.60. The van der Waals surface area contributed by atoms with Gasteiger partial charge in [0, 0.05) is 24.7 Å². The molecule has 0 spiro atoms. The van der Waals surface area contributed by atoms with E-state index in [-0.39, 0.29) is 5.69 Å². The normalized spacial score (nSPS) is 14.8. The van der Waals surface area contributed by atoms with Gasteiger partial charge in [-0.05, 0) is 44.4 Å². The van der Waals surface area contributed by atoms with E-state index >= 15 is 0 Å². The summed E-state index contributed by atoms with van der Waals surface area (Å²) in [6, 6.07) is 17.1. The molecule has 0 unspecified atom stereocenters. The van der Waals surface area contributed by atoms with Crippen LogP contribution in [0.4, 0.5) is 5.82 Å². The van der Waals surface area contributed by atoms with Gasteiger partial charge in [0.2, 0.25) is 0 Å². The van der Waals surface area contributed by atoms with E-state index in [1.165, 1.54) is 32.1 Å². The number of aromatic nitrogens is 4. The number of anilines is 1. The van der Waals surface area contributed by atoms with Crippen LogP contribution < -0.4 is 11.0 Å². The van der Waals surface area contributed by atoms with Crippen molar-refractivity contribution in [3.05, 3.63) is 59.0 Å². The lowest BCUT2D eigenvalue weighted by molar-refractivity contribution is 0.462. The molecule has 1 aliphatic carbocycles. The molecule has 2 heterocycles. The molecule has 0 atom stereocenters. The fraction of sp³-hybridized carbons (Fsp3) is 0.385. The number of rotatable bonds is 6. The third-order valence-corrected chi connectivity index (χ3v) is 6.71. The van der Waals surface area contributed by atoms with Crippen molar-refractivity contribution in [2.45, 2.75) is 65.1 Å². The minimum absolute atomic E-state index is 0.0539. The maximum Gasteiger partial charge on any atom is 0.329 e. The van der Waals surface area contributed by atoms with Gasteiger partial charge in [0.05, 0.1) is 22.3 Å². The Bertz CT molecular complexity index is 1280. The highest BCUT2D eigenvalue weighted by molar-refractivity contribution is 5.92.